The van der Waals surface area contributed by atoms with Gasteiger partial charge in [-0.3, -0.25) is 14.5 Å². The summed E-state index contributed by atoms with van der Waals surface area (Å²) in [4.78, 5) is 31.0. The molecule has 0 saturated carbocycles. The number of amides is 2. The zero-order chi connectivity index (χ0) is 21.2. The van der Waals surface area contributed by atoms with Crippen LogP contribution in [-0.4, -0.2) is 47.9 Å². The van der Waals surface area contributed by atoms with Crippen molar-refractivity contribution >= 4 is 17.6 Å². The summed E-state index contributed by atoms with van der Waals surface area (Å²) in [5, 5.41) is 6.06. The molecule has 2 amide bonds. The number of hydrogen-bond acceptors (Lipinski definition) is 5. The van der Waals surface area contributed by atoms with Crippen molar-refractivity contribution < 1.29 is 9.59 Å². The lowest BCUT2D eigenvalue weighted by Gasteiger charge is -2.24. The smallest absolute Gasteiger partial charge is 0.234 e. The number of nitrogen functional groups attached to an aromatic ring is 1. The fourth-order valence-electron chi connectivity index (χ4n) is 3.81. The molecule has 160 valence electrons. The van der Waals surface area contributed by atoms with Crippen molar-refractivity contribution in [1.82, 2.24) is 20.5 Å². The second-order valence-corrected chi connectivity index (χ2v) is 7.75. The van der Waals surface area contributed by atoms with E-state index in [9.17, 15) is 9.59 Å². The lowest BCUT2D eigenvalue weighted by atomic mass is 9.91. The normalized spacial score (nSPS) is 20.1. The van der Waals surface area contributed by atoms with Gasteiger partial charge in [0, 0.05) is 44.4 Å². The van der Waals surface area contributed by atoms with Crippen LogP contribution in [-0.2, 0) is 16.1 Å². The zero-order valence-corrected chi connectivity index (χ0v) is 17.3. The molecule has 1 unspecified atom stereocenters. The van der Waals surface area contributed by atoms with Gasteiger partial charge in [0.15, 0.2) is 0 Å². The number of benzene rings is 1. The van der Waals surface area contributed by atoms with Gasteiger partial charge in [-0.2, -0.15) is 0 Å². The number of anilines is 1. The van der Waals surface area contributed by atoms with E-state index in [1.807, 2.05) is 30.3 Å². The molecule has 1 fully saturated rings. The predicted octanol–water partition coefficient (Wildman–Crippen LogP) is 2.06. The van der Waals surface area contributed by atoms with Gasteiger partial charge >= 0.3 is 0 Å². The van der Waals surface area contributed by atoms with Gasteiger partial charge in [0.25, 0.3) is 0 Å². The van der Waals surface area contributed by atoms with E-state index in [0.29, 0.717) is 38.4 Å². The number of rotatable bonds is 3. The number of pyridine rings is 1. The number of carbonyl (C=O) groups excluding carboxylic acids is 2. The van der Waals surface area contributed by atoms with Crippen LogP contribution in [0.2, 0.25) is 0 Å². The Kier molecular flexibility index (Phi) is 8.20. The first kappa shape index (κ1) is 21.8. The van der Waals surface area contributed by atoms with Crippen LogP contribution in [0.1, 0.15) is 42.7 Å². The first-order valence-electron chi connectivity index (χ1n) is 10.6. The zero-order valence-electron chi connectivity index (χ0n) is 17.3. The molecule has 1 aliphatic heterocycles. The molecular formula is C23H31N5O2. The SMILES string of the molecule is Nc1ncccc1CN1CCCNC(=O)CCC(c2ccccc2)CCNC(=O)C1. The summed E-state index contributed by atoms with van der Waals surface area (Å²) in [6.45, 7) is 2.71. The molecule has 1 aromatic heterocycles. The summed E-state index contributed by atoms with van der Waals surface area (Å²) in [5.41, 5.74) is 8.09. The first-order chi connectivity index (χ1) is 14.6. The molecule has 1 aliphatic rings. The van der Waals surface area contributed by atoms with Crippen molar-refractivity contribution in [2.45, 2.75) is 38.1 Å². The highest BCUT2D eigenvalue weighted by Crippen LogP contribution is 2.24. The minimum Gasteiger partial charge on any atom is -0.383 e. The molecule has 3 rings (SSSR count). The third-order valence-corrected chi connectivity index (χ3v) is 5.47. The van der Waals surface area contributed by atoms with Crippen molar-refractivity contribution in [3.63, 3.8) is 0 Å². The largest absolute Gasteiger partial charge is 0.383 e. The van der Waals surface area contributed by atoms with E-state index in [1.165, 1.54) is 5.56 Å². The van der Waals surface area contributed by atoms with Crippen LogP contribution in [0.3, 0.4) is 0 Å². The number of carbonyl (C=O) groups is 2. The van der Waals surface area contributed by atoms with E-state index >= 15 is 0 Å². The summed E-state index contributed by atoms with van der Waals surface area (Å²) < 4.78 is 0. The van der Waals surface area contributed by atoms with Gasteiger partial charge in [-0.05, 0) is 36.8 Å². The molecule has 2 aromatic rings. The maximum absolute atomic E-state index is 12.6. The molecule has 1 saturated heterocycles. The lowest BCUT2D eigenvalue weighted by Crippen LogP contribution is -2.39. The second-order valence-electron chi connectivity index (χ2n) is 7.75. The Bertz CT molecular complexity index is 827. The van der Waals surface area contributed by atoms with E-state index in [-0.39, 0.29) is 24.3 Å². The van der Waals surface area contributed by atoms with E-state index in [1.54, 1.807) is 6.20 Å². The number of nitrogens with two attached hydrogens (primary N) is 1. The molecule has 0 radical (unpaired) electrons. The van der Waals surface area contributed by atoms with Gasteiger partial charge in [-0.1, -0.05) is 36.4 Å². The summed E-state index contributed by atoms with van der Waals surface area (Å²) in [6.07, 6.45) is 4.49. The number of nitrogens with one attached hydrogen (secondary N) is 2. The number of hydrogen-bond donors (Lipinski definition) is 3. The van der Waals surface area contributed by atoms with Crippen LogP contribution in [0.5, 0.6) is 0 Å². The van der Waals surface area contributed by atoms with Crippen LogP contribution >= 0.6 is 0 Å². The Morgan fingerprint density at radius 2 is 1.80 bits per heavy atom. The average molecular weight is 410 g/mol. The van der Waals surface area contributed by atoms with E-state index in [0.717, 1.165) is 24.8 Å². The molecule has 2 heterocycles. The van der Waals surface area contributed by atoms with Gasteiger partial charge in [0.05, 0.1) is 6.54 Å². The number of aromatic nitrogens is 1. The van der Waals surface area contributed by atoms with E-state index in [2.05, 4.69) is 32.7 Å². The third kappa shape index (κ3) is 6.84. The minimum atomic E-state index is 0.00497. The molecule has 7 nitrogen and oxygen atoms in total. The molecule has 30 heavy (non-hydrogen) atoms. The van der Waals surface area contributed by atoms with Crippen molar-refractivity contribution in [3.05, 3.63) is 59.8 Å². The van der Waals surface area contributed by atoms with Gasteiger partial charge < -0.3 is 16.4 Å². The van der Waals surface area contributed by atoms with Crippen LogP contribution in [0, 0.1) is 0 Å². The fourth-order valence-corrected chi connectivity index (χ4v) is 3.81. The Morgan fingerprint density at radius 3 is 2.60 bits per heavy atom. The molecule has 0 bridgehead atoms. The van der Waals surface area contributed by atoms with Crippen LogP contribution < -0.4 is 16.4 Å². The van der Waals surface area contributed by atoms with Crippen LogP contribution in [0.15, 0.2) is 48.7 Å². The number of nitrogens with zero attached hydrogens (tertiary/aromatic N) is 2. The molecule has 7 heteroatoms. The maximum Gasteiger partial charge on any atom is 0.234 e. The Morgan fingerprint density at radius 1 is 1.00 bits per heavy atom. The van der Waals surface area contributed by atoms with Gasteiger partial charge in [0.1, 0.15) is 5.82 Å². The standard InChI is InChI=1S/C23H31N5O2/c24-23-20(8-4-12-27-23)16-28-15-5-13-25-21(29)10-9-19(11-14-26-22(30)17-28)18-6-2-1-3-7-18/h1-4,6-8,12,19H,5,9-11,13-17H2,(H2,24,27)(H,25,29)(H,26,30). The second kappa shape index (κ2) is 11.3. The molecule has 1 atom stereocenters. The Labute approximate surface area is 178 Å². The topological polar surface area (TPSA) is 100 Å². The van der Waals surface area contributed by atoms with Crippen molar-refractivity contribution in [2.75, 3.05) is 31.9 Å². The monoisotopic (exact) mass is 409 g/mol. The molecule has 0 spiro atoms. The van der Waals surface area contributed by atoms with Crippen LogP contribution in [0.4, 0.5) is 5.82 Å². The fraction of sp³-hybridized carbons (Fsp3) is 0.435. The summed E-state index contributed by atoms with van der Waals surface area (Å²) in [7, 11) is 0. The molecule has 1 aromatic carbocycles. The van der Waals surface area contributed by atoms with Crippen molar-refractivity contribution in [1.29, 1.82) is 0 Å². The first-order valence-corrected chi connectivity index (χ1v) is 10.6. The molecule has 0 aliphatic carbocycles. The van der Waals surface area contributed by atoms with Crippen molar-refractivity contribution in [3.8, 4) is 0 Å². The summed E-state index contributed by atoms with van der Waals surface area (Å²) in [6, 6.07) is 14.0. The predicted molar refractivity (Wildman–Crippen MR) is 118 cm³/mol. The quantitative estimate of drug-likeness (QED) is 0.720. The summed E-state index contributed by atoms with van der Waals surface area (Å²) >= 11 is 0. The van der Waals surface area contributed by atoms with Gasteiger partial charge in [-0.25, -0.2) is 4.98 Å². The van der Waals surface area contributed by atoms with Crippen LogP contribution in [0.25, 0.3) is 0 Å². The van der Waals surface area contributed by atoms with Crippen molar-refractivity contribution in [2.24, 2.45) is 0 Å². The Hall–Kier alpha value is -2.93. The average Bonchev–Trinajstić information content (AvgIpc) is 2.75. The summed E-state index contributed by atoms with van der Waals surface area (Å²) in [5.74, 6) is 0.813. The highest BCUT2D eigenvalue weighted by molar-refractivity contribution is 5.78. The Balaban J connectivity index is 1.65. The molecular weight excluding hydrogens is 378 g/mol. The minimum absolute atomic E-state index is 0.00497. The van der Waals surface area contributed by atoms with E-state index in [4.69, 9.17) is 5.73 Å². The lowest BCUT2D eigenvalue weighted by molar-refractivity contribution is -0.123. The van der Waals surface area contributed by atoms with E-state index < -0.39 is 0 Å². The highest BCUT2D eigenvalue weighted by Gasteiger charge is 2.17. The maximum atomic E-state index is 12.6. The van der Waals surface area contributed by atoms with Gasteiger partial charge in [-0.15, -0.1) is 0 Å². The third-order valence-electron chi connectivity index (χ3n) is 5.47. The highest BCUT2D eigenvalue weighted by atomic mass is 16.2. The van der Waals surface area contributed by atoms with Gasteiger partial charge in [0.2, 0.25) is 11.8 Å². The molecule has 4 N–H and O–H groups in total.